The molecule has 1 N–H and O–H groups in total. The van der Waals surface area contributed by atoms with Crippen molar-refractivity contribution in [2.24, 2.45) is 0 Å². The Kier molecular flexibility index (Phi) is 7.86. The van der Waals surface area contributed by atoms with Crippen LogP contribution < -0.4 is 14.8 Å². The smallest absolute Gasteiger partial charge is 0.261 e. The standard InChI is InChI=1S/C32H33N3O5/c1-20-27(38-3)18-25(19-28(20)39-4)32(37)35-16-14-23(15-17-35)22-10-12-26(13-11-22)33-31(36)29-21(2)34-40-30(29)24-8-6-5-7-9-24/h5-13,18-19,23H,14-17H2,1-4H3,(H,33,36). The third-order valence-corrected chi connectivity index (χ3v) is 7.55. The summed E-state index contributed by atoms with van der Waals surface area (Å²) in [5.74, 6) is 1.78. The fourth-order valence-corrected chi connectivity index (χ4v) is 5.26. The lowest BCUT2D eigenvalue weighted by atomic mass is 9.89. The molecule has 8 heteroatoms. The highest BCUT2D eigenvalue weighted by atomic mass is 16.5. The van der Waals surface area contributed by atoms with E-state index < -0.39 is 0 Å². The zero-order valence-corrected chi connectivity index (χ0v) is 23.2. The lowest BCUT2D eigenvalue weighted by molar-refractivity contribution is 0.0712. The maximum absolute atomic E-state index is 13.2. The minimum Gasteiger partial charge on any atom is -0.496 e. The van der Waals surface area contributed by atoms with Crippen molar-refractivity contribution in [1.29, 1.82) is 0 Å². The average molecular weight is 540 g/mol. The lowest BCUT2D eigenvalue weighted by Crippen LogP contribution is -2.38. The first kappa shape index (κ1) is 27.0. The summed E-state index contributed by atoms with van der Waals surface area (Å²) in [6.07, 6.45) is 1.72. The summed E-state index contributed by atoms with van der Waals surface area (Å²) in [7, 11) is 3.19. The SMILES string of the molecule is COc1cc(C(=O)N2CCC(c3ccc(NC(=O)c4c(C)noc4-c4ccccc4)cc3)CC2)cc(OC)c1C. The van der Waals surface area contributed by atoms with Gasteiger partial charge in [0.15, 0.2) is 5.76 Å². The lowest BCUT2D eigenvalue weighted by Gasteiger charge is -2.32. The van der Waals surface area contributed by atoms with Crippen LogP contribution in [0.2, 0.25) is 0 Å². The molecule has 3 aromatic carbocycles. The number of rotatable bonds is 7. The largest absolute Gasteiger partial charge is 0.496 e. The number of ether oxygens (including phenoxy) is 2. The predicted molar refractivity (Wildman–Crippen MR) is 153 cm³/mol. The van der Waals surface area contributed by atoms with Gasteiger partial charge in [-0.2, -0.15) is 0 Å². The number of anilines is 1. The molecule has 0 aliphatic carbocycles. The van der Waals surface area contributed by atoms with E-state index >= 15 is 0 Å². The number of aryl methyl sites for hydroxylation is 1. The molecule has 1 aromatic heterocycles. The Balaban J connectivity index is 1.22. The van der Waals surface area contributed by atoms with Crippen LogP contribution >= 0.6 is 0 Å². The minimum atomic E-state index is -0.262. The summed E-state index contributed by atoms with van der Waals surface area (Å²) in [6, 6.07) is 21.0. The predicted octanol–water partition coefficient (Wildman–Crippen LogP) is 6.25. The second-order valence-electron chi connectivity index (χ2n) is 9.99. The molecule has 0 saturated carbocycles. The molecule has 1 fully saturated rings. The number of aromatic nitrogens is 1. The van der Waals surface area contributed by atoms with Crippen molar-refractivity contribution in [3.63, 3.8) is 0 Å². The van der Waals surface area contributed by atoms with E-state index in [1.54, 1.807) is 33.3 Å². The molecule has 1 aliphatic rings. The molecule has 0 bridgehead atoms. The molecule has 0 atom stereocenters. The van der Waals surface area contributed by atoms with Gasteiger partial charge in [0.1, 0.15) is 17.1 Å². The monoisotopic (exact) mass is 539 g/mol. The number of hydrogen-bond acceptors (Lipinski definition) is 6. The first-order valence-corrected chi connectivity index (χ1v) is 13.3. The van der Waals surface area contributed by atoms with Gasteiger partial charge in [0, 0.05) is 35.5 Å². The topological polar surface area (TPSA) is 93.9 Å². The fraction of sp³-hybridized carbons (Fsp3) is 0.281. The van der Waals surface area contributed by atoms with Crippen LogP contribution in [-0.4, -0.2) is 49.2 Å². The molecule has 0 radical (unpaired) electrons. The summed E-state index contributed by atoms with van der Waals surface area (Å²) < 4.78 is 16.4. The number of carbonyl (C=O) groups is 2. The van der Waals surface area contributed by atoms with E-state index in [0.717, 1.165) is 24.0 Å². The van der Waals surface area contributed by atoms with E-state index in [2.05, 4.69) is 10.5 Å². The Morgan fingerprint density at radius 3 is 2.15 bits per heavy atom. The molecule has 1 aliphatic heterocycles. The number of hydrogen-bond donors (Lipinski definition) is 1. The van der Waals surface area contributed by atoms with Crippen molar-refractivity contribution in [2.75, 3.05) is 32.6 Å². The maximum atomic E-state index is 13.2. The second kappa shape index (κ2) is 11.7. The number of piperidine rings is 1. The van der Waals surface area contributed by atoms with Crippen molar-refractivity contribution < 1.29 is 23.6 Å². The molecule has 206 valence electrons. The number of amides is 2. The highest BCUT2D eigenvalue weighted by Gasteiger charge is 2.26. The summed E-state index contributed by atoms with van der Waals surface area (Å²) in [6.45, 7) is 4.99. The van der Waals surface area contributed by atoms with Gasteiger partial charge in [-0.25, -0.2) is 0 Å². The average Bonchev–Trinajstić information content (AvgIpc) is 3.39. The van der Waals surface area contributed by atoms with Crippen LogP contribution in [0.15, 0.2) is 71.3 Å². The Bertz CT molecular complexity index is 1480. The third-order valence-electron chi connectivity index (χ3n) is 7.55. The van der Waals surface area contributed by atoms with Gasteiger partial charge in [-0.05, 0) is 62.4 Å². The highest BCUT2D eigenvalue weighted by Crippen LogP contribution is 2.33. The first-order chi connectivity index (χ1) is 19.4. The van der Waals surface area contributed by atoms with Crippen LogP contribution in [0.3, 0.4) is 0 Å². The normalized spacial score (nSPS) is 13.7. The molecule has 0 spiro atoms. The summed E-state index contributed by atoms with van der Waals surface area (Å²) in [5, 5.41) is 6.99. The van der Waals surface area contributed by atoms with Gasteiger partial charge >= 0.3 is 0 Å². The molecule has 2 heterocycles. The number of benzene rings is 3. The number of carbonyl (C=O) groups excluding carboxylic acids is 2. The zero-order valence-electron chi connectivity index (χ0n) is 23.2. The molecule has 1 saturated heterocycles. The van der Waals surface area contributed by atoms with Crippen LogP contribution in [0.5, 0.6) is 11.5 Å². The minimum absolute atomic E-state index is 0.0213. The van der Waals surface area contributed by atoms with Crippen LogP contribution in [0.4, 0.5) is 5.69 Å². The molecule has 8 nitrogen and oxygen atoms in total. The first-order valence-electron chi connectivity index (χ1n) is 13.3. The van der Waals surface area contributed by atoms with Gasteiger partial charge in [0.25, 0.3) is 11.8 Å². The molecule has 5 rings (SSSR count). The van der Waals surface area contributed by atoms with E-state index in [9.17, 15) is 9.59 Å². The van der Waals surface area contributed by atoms with Crippen LogP contribution in [0.25, 0.3) is 11.3 Å². The zero-order chi connectivity index (χ0) is 28.2. The third kappa shape index (κ3) is 5.43. The van der Waals surface area contributed by atoms with Gasteiger partial charge in [-0.15, -0.1) is 0 Å². The summed E-state index contributed by atoms with van der Waals surface area (Å²) >= 11 is 0. The number of methoxy groups -OCH3 is 2. The van der Waals surface area contributed by atoms with Gasteiger partial charge in [0.2, 0.25) is 0 Å². The Labute approximate surface area is 233 Å². The quantitative estimate of drug-likeness (QED) is 0.298. The van der Waals surface area contributed by atoms with Gasteiger partial charge in [-0.3, -0.25) is 9.59 Å². The van der Waals surface area contributed by atoms with E-state index in [1.165, 1.54) is 5.56 Å². The Morgan fingerprint density at radius 1 is 0.925 bits per heavy atom. The number of nitrogens with zero attached hydrogens (tertiary/aromatic N) is 2. The van der Waals surface area contributed by atoms with Crippen molar-refractivity contribution >= 4 is 17.5 Å². The van der Waals surface area contributed by atoms with E-state index in [-0.39, 0.29) is 11.8 Å². The molecule has 4 aromatic rings. The van der Waals surface area contributed by atoms with Gasteiger partial charge in [-0.1, -0.05) is 47.6 Å². The van der Waals surface area contributed by atoms with E-state index in [4.69, 9.17) is 14.0 Å². The van der Waals surface area contributed by atoms with E-state index in [1.807, 2.05) is 66.4 Å². The van der Waals surface area contributed by atoms with Crippen LogP contribution in [0, 0.1) is 13.8 Å². The van der Waals surface area contributed by atoms with Crippen LogP contribution in [-0.2, 0) is 0 Å². The Hall–Kier alpha value is -4.59. The molecular weight excluding hydrogens is 506 g/mol. The molecule has 2 amide bonds. The number of nitrogens with one attached hydrogen (secondary N) is 1. The number of likely N-dealkylation sites (tertiary alicyclic amines) is 1. The van der Waals surface area contributed by atoms with Crippen molar-refractivity contribution in [3.8, 4) is 22.8 Å². The fourth-order valence-electron chi connectivity index (χ4n) is 5.26. The van der Waals surface area contributed by atoms with E-state index in [0.29, 0.717) is 58.8 Å². The summed E-state index contributed by atoms with van der Waals surface area (Å²) in [5.41, 5.74) is 5.09. The highest BCUT2D eigenvalue weighted by molar-refractivity contribution is 6.08. The molecular formula is C32H33N3O5. The van der Waals surface area contributed by atoms with Crippen molar-refractivity contribution in [3.05, 3.63) is 94.7 Å². The Morgan fingerprint density at radius 2 is 1.55 bits per heavy atom. The molecule has 40 heavy (non-hydrogen) atoms. The molecule has 0 unspecified atom stereocenters. The van der Waals surface area contributed by atoms with Gasteiger partial charge in [0.05, 0.1) is 19.9 Å². The maximum Gasteiger partial charge on any atom is 0.261 e. The van der Waals surface area contributed by atoms with Crippen LogP contribution in [0.1, 0.15) is 56.3 Å². The van der Waals surface area contributed by atoms with Crippen molar-refractivity contribution in [2.45, 2.75) is 32.6 Å². The van der Waals surface area contributed by atoms with Gasteiger partial charge < -0.3 is 24.2 Å². The summed E-state index contributed by atoms with van der Waals surface area (Å²) in [4.78, 5) is 28.3. The van der Waals surface area contributed by atoms with Crippen molar-refractivity contribution in [1.82, 2.24) is 10.1 Å². The second-order valence-corrected chi connectivity index (χ2v) is 9.99.